The minimum absolute atomic E-state index is 0.182. The molecule has 0 N–H and O–H groups in total. The van der Waals surface area contributed by atoms with Crippen LogP contribution in [0, 0.1) is 0 Å². The number of anilines is 3. The van der Waals surface area contributed by atoms with Crippen molar-refractivity contribution in [2.45, 2.75) is 24.7 Å². The average Bonchev–Trinajstić information content (AvgIpc) is 4.07. The molecule has 12 aromatic rings. The molecule has 1 atom stereocenters. The van der Waals surface area contributed by atoms with Crippen LogP contribution in [-0.4, -0.2) is 0 Å². The van der Waals surface area contributed by atoms with Gasteiger partial charge in [0.2, 0.25) is 0 Å². The summed E-state index contributed by atoms with van der Waals surface area (Å²) in [6.45, 7) is 4.72. The predicted octanol–water partition coefficient (Wildman–Crippen LogP) is 17.3. The Hall–Kier alpha value is -8.40. The van der Waals surface area contributed by atoms with E-state index in [2.05, 4.69) is 231 Å². The third-order valence-corrected chi connectivity index (χ3v) is 15.5. The van der Waals surface area contributed by atoms with E-state index in [9.17, 15) is 0 Å². The molecule has 2 aromatic heterocycles. The van der Waals surface area contributed by atoms with Gasteiger partial charge >= 0.3 is 0 Å². The maximum Gasteiger partial charge on any atom is 0.159 e. The minimum Gasteiger partial charge on any atom is -0.456 e. The highest BCUT2D eigenvalue weighted by Crippen LogP contribution is 2.63. The Morgan fingerprint density at radius 1 is 0.313 bits per heavy atom. The second kappa shape index (κ2) is 13.1. The Morgan fingerprint density at radius 2 is 0.821 bits per heavy atom. The predicted molar refractivity (Wildman–Crippen MR) is 275 cm³/mol. The fourth-order valence-corrected chi connectivity index (χ4v) is 12.6. The van der Waals surface area contributed by atoms with E-state index in [4.69, 9.17) is 8.83 Å². The van der Waals surface area contributed by atoms with E-state index >= 15 is 0 Å². The lowest BCUT2D eigenvalue weighted by Crippen LogP contribution is -2.29. The zero-order valence-electron chi connectivity index (χ0n) is 37.0. The van der Waals surface area contributed by atoms with E-state index in [0.717, 1.165) is 60.9 Å². The van der Waals surface area contributed by atoms with Gasteiger partial charge in [-0.15, -0.1) is 0 Å². The molecule has 67 heavy (non-hydrogen) atoms. The average molecular weight is 856 g/mol. The molecule has 0 saturated carbocycles. The number of benzene rings is 10. The van der Waals surface area contributed by atoms with E-state index < -0.39 is 5.41 Å². The molecule has 15 rings (SSSR count). The van der Waals surface area contributed by atoms with Crippen LogP contribution >= 0.6 is 0 Å². The third-order valence-electron chi connectivity index (χ3n) is 15.5. The van der Waals surface area contributed by atoms with E-state index in [1.54, 1.807) is 0 Å². The van der Waals surface area contributed by atoms with Crippen LogP contribution in [0.3, 0.4) is 0 Å². The fraction of sp³-hybridized carbons (Fsp3) is 0.0625. The SMILES string of the molecule is CC1(C)c2ccccc2-c2ccc(N(c3ccc4c(c3)-c3ccccc3-c3ccccc3C43c4ccccc4-c4cc5oc6ccccc6c5cc43)c3cccc4c3oc3ccccc34)cc21. The highest BCUT2D eigenvalue weighted by atomic mass is 16.3. The van der Waals surface area contributed by atoms with Crippen LogP contribution in [0.15, 0.2) is 221 Å². The largest absolute Gasteiger partial charge is 0.456 e. The second-order valence-corrected chi connectivity index (χ2v) is 19.1. The Balaban J connectivity index is 1.05. The normalized spacial score (nSPS) is 15.8. The summed E-state index contributed by atoms with van der Waals surface area (Å²) in [5.74, 6) is 0. The zero-order chi connectivity index (χ0) is 44.2. The summed E-state index contributed by atoms with van der Waals surface area (Å²) >= 11 is 0. The second-order valence-electron chi connectivity index (χ2n) is 19.1. The third kappa shape index (κ3) is 4.75. The lowest BCUT2D eigenvalue weighted by Gasteiger charge is -2.36. The van der Waals surface area contributed by atoms with Crippen LogP contribution in [0.4, 0.5) is 17.1 Å². The summed E-state index contributed by atoms with van der Waals surface area (Å²) in [4.78, 5) is 2.44. The number of hydrogen-bond donors (Lipinski definition) is 0. The Kier molecular flexibility index (Phi) is 7.22. The van der Waals surface area contributed by atoms with Crippen molar-refractivity contribution in [3.8, 4) is 44.5 Å². The number of para-hydroxylation sites is 3. The molecule has 0 amide bonds. The molecule has 1 unspecified atom stereocenters. The molecule has 0 aliphatic heterocycles. The van der Waals surface area contributed by atoms with Gasteiger partial charge in [-0.25, -0.2) is 0 Å². The highest BCUT2D eigenvalue weighted by molar-refractivity contribution is 6.11. The van der Waals surface area contributed by atoms with E-state index in [-0.39, 0.29) is 5.41 Å². The van der Waals surface area contributed by atoms with Crippen LogP contribution in [0.5, 0.6) is 0 Å². The monoisotopic (exact) mass is 855 g/mol. The summed E-state index contributed by atoms with van der Waals surface area (Å²) < 4.78 is 13.5. The van der Waals surface area contributed by atoms with Crippen molar-refractivity contribution in [2.24, 2.45) is 0 Å². The molecule has 0 fully saturated rings. The first-order chi connectivity index (χ1) is 33.0. The van der Waals surface area contributed by atoms with Crippen molar-refractivity contribution >= 4 is 60.9 Å². The molecule has 0 saturated heterocycles. The molecule has 2 heterocycles. The fourth-order valence-electron chi connectivity index (χ4n) is 12.6. The number of hydrogen-bond acceptors (Lipinski definition) is 3. The number of rotatable bonds is 3. The first-order valence-electron chi connectivity index (χ1n) is 23.3. The molecule has 0 bridgehead atoms. The van der Waals surface area contributed by atoms with E-state index in [0.29, 0.717) is 0 Å². The maximum absolute atomic E-state index is 6.89. The summed E-state index contributed by atoms with van der Waals surface area (Å²) in [5.41, 5.74) is 23.5. The Morgan fingerprint density at radius 3 is 1.57 bits per heavy atom. The molecule has 3 aliphatic rings. The number of nitrogens with zero attached hydrogens (tertiary/aromatic N) is 1. The van der Waals surface area contributed by atoms with Crippen LogP contribution in [0.1, 0.15) is 47.2 Å². The van der Waals surface area contributed by atoms with Gasteiger partial charge in [-0.2, -0.15) is 0 Å². The van der Waals surface area contributed by atoms with Gasteiger partial charge in [-0.05, 0) is 132 Å². The summed E-state index contributed by atoms with van der Waals surface area (Å²) in [5, 5.41) is 4.46. The zero-order valence-corrected chi connectivity index (χ0v) is 37.0. The van der Waals surface area contributed by atoms with Crippen molar-refractivity contribution in [3.05, 3.63) is 246 Å². The quantitative estimate of drug-likeness (QED) is 0.177. The minimum atomic E-state index is -0.658. The molecule has 3 heteroatoms. The van der Waals surface area contributed by atoms with Crippen LogP contribution in [0.25, 0.3) is 88.4 Å². The van der Waals surface area contributed by atoms with Crippen LogP contribution < -0.4 is 4.90 Å². The van der Waals surface area contributed by atoms with Gasteiger partial charge in [0.1, 0.15) is 16.7 Å². The topological polar surface area (TPSA) is 29.5 Å². The van der Waals surface area contributed by atoms with E-state index in [1.807, 2.05) is 0 Å². The molecule has 0 radical (unpaired) electrons. The molecule has 1 spiro atoms. The Bertz CT molecular complexity index is 4110. The van der Waals surface area contributed by atoms with Crippen molar-refractivity contribution in [2.75, 3.05) is 4.90 Å². The lowest BCUT2D eigenvalue weighted by atomic mass is 9.65. The molecule has 3 nitrogen and oxygen atoms in total. The first-order valence-corrected chi connectivity index (χ1v) is 23.3. The van der Waals surface area contributed by atoms with Gasteiger partial charge in [0.25, 0.3) is 0 Å². The van der Waals surface area contributed by atoms with Gasteiger partial charge in [0.05, 0.1) is 11.1 Å². The summed E-state index contributed by atoms with van der Waals surface area (Å²) in [6, 6.07) is 78.6. The van der Waals surface area contributed by atoms with Crippen molar-refractivity contribution in [3.63, 3.8) is 0 Å². The lowest BCUT2D eigenvalue weighted by molar-refractivity contribution is 0.660. The van der Waals surface area contributed by atoms with Gasteiger partial charge in [0.15, 0.2) is 5.58 Å². The van der Waals surface area contributed by atoms with Gasteiger partial charge in [0, 0.05) is 38.3 Å². The molecule has 314 valence electrons. The Labute approximate surface area is 387 Å². The molecular weight excluding hydrogens is 815 g/mol. The highest BCUT2D eigenvalue weighted by Gasteiger charge is 2.50. The number of furan rings is 2. The van der Waals surface area contributed by atoms with Crippen LogP contribution in [0.2, 0.25) is 0 Å². The standard InChI is InChI=1S/C64H41NO2/c1-63(2)52-24-10-5-19-43(52)45-32-30-39(35-56(45)63)65(58-27-15-23-48-46-21-8-14-29-60(46)67-62(48)58)38-31-33-55-49(34-38)41-17-4-3-16-40(41)42-18-6-11-25-53(42)64(55)54-26-12-7-20-44(54)50-37-61-51(36-57(50)64)47-22-9-13-28-59(47)66-61/h3-37H,1-2H3. The van der Waals surface area contributed by atoms with Gasteiger partial charge in [-0.1, -0.05) is 172 Å². The first kappa shape index (κ1) is 36.9. The van der Waals surface area contributed by atoms with Gasteiger partial charge < -0.3 is 13.7 Å². The summed E-state index contributed by atoms with van der Waals surface area (Å²) in [6.07, 6.45) is 0. The van der Waals surface area contributed by atoms with Gasteiger partial charge in [-0.3, -0.25) is 0 Å². The van der Waals surface area contributed by atoms with Crippen molar-refractivity contribution in [1.29, 1.82) is 0 Å². The van der Waals surface area contributed by atoms with Crippen molar-refractivity contribution < 1.29 is 8.83 Å². The molecular formula is C64H41NO2. The smallest absolute Gasteiger partial charge is 0.159 e. The van der Waals surface area contributed by atoms with E-state index in [1.165, 1.54) is 77.9 Å². The molecule has 3 aliphatic carbocycles. The van der Waals surface area contributed by atoms with Crippen LogP contribution in [-0.2, 0) is 10.8 Å². The van der Waals surface area contributed by atoms with Crippen molar-refractivity contribution in [1.82, 2.24) is 0 Å². The number of fused-ring (bicyclic) bond motifs is 21. The molecule has 10 aromatic carbocycles. The summed E-state index contributed by atoms with van der Waals surface area (Å²) in [7, 11) is 0. The maximum atomic E-state index is 6.89.